The van der Waals surface area contributed by atoms with Gasteiger partial charge in [0.2, 0.25) is 0 Å². The molecular weight excluding hydrogens is 442 g/mol. The van der Waals surface area contributed by atoms with E-state index in [4.69, 9.17) is 33.5 Å². The van der Waals surface area contributed by atoms with Crippen LogP contribution in [-0.4, -0.2) is 88.7 Å². The maximum atomic E-state index is 6.17. The minimum Gasteiger partial charge on any atom is -0.414 e. The van der Waals surface area contributed by atoms with Crippen molar-refractivity contribution >= 4 is 16.6 Å². The molecule has 0 heterocycles. The predicted molar refractivity (Wildman–Crippen MR) is 138 cm³/mol. The van der Waals surface area contributed by atoms with Gasteiger partial charge in [-0.15, -0.1) is 0 Å². The molecule has 0 aromatic rings. The normalized spacial score (nSPS) is 13.9. The molecule has 0 aliphatic rings. The molecule has 7 nitrogen and oxygen atoms in total. The maximum Gasteiger partial charge on any atom is 0.192 e. The van der Waals surface area contributed by atoms with Gasteiger partial charge in [0.15, 0.2) is 16.6 Å². The Balaban J connectivity index is 4.32. The summed E-state index contributed by atoms with van der Waals surface area (Å²) in [5, 5.41) is 0.394. The summed E-state index contributed by atoms with van der Waals surface area (Å²) < 4.78 is 35.3. The summed E-state index contributed by atoms with van der Waals surface area (Å²) in [7, 11) is -3.50. The van der Waals surface area contributed by atoms with Gasteiger partial charge >= 0.3 is 0 Å². The van der Waals surface area contributed by atoms with Gasteiger partial charge in [-0.2, -0.15) is 0 Å². The third-order valence-electron chi connectivity index (χ3n) is 6.44. The lowest BCUT2D eigenvalue weighted by Crippen LogP contribution is -2.42. The van der Waals surface area contributed by atoms with E-state index in [1.54, 1.807) is 0 Å². The van der Waals surface area contributed by atoms with Crippen LogP contribution in [0.4, 0.5) is 0 Å². The second-order valence-corrected chi connectivity index (χ2v) is 20.9. The van der Waals surface area contributed by atoms with Gasteiger partial charge in [0.1, 0.15) is 6.10 Å². The van der Waals surface area contributed by atoms with E-state index in [2.05, 4.69) is 67.7 Å². The van der Waals surface area contributed by atoms with Crippen molar-refractivity contribution in [3.8, 4) is 0 Å². The fraction of sp³-hybridized carbons (Fsp3) is 1.00. The highest BCUT2D eigenvalue weighted by Gasteiger charge is 2.37. The van der Waals surface area contributed by atoms with Crippen LogP contribution < -0.4 is 5.73 Å². The molecule has 0 spiro atoms. The Morgan fingerprint density at radius 1 is 0.594 bits per heavy atom. The first-order valence-corrected chi connectivity index (χ1v) is 17.8. The summed E-state index contributed by atoms with van der Waals surface area (Å²) in [6.07, 6.45) is -0.155. The molecule has 0 aliphatic carbocycles. The third kappa shape index (κ3) is 13.8. The van der Waals surface area contributed by atoms with Crippen LogP contribution in [0.3, 0.4) is 0 Å². The average Bonchev–Trinajstić information content (AvgIpc) is 2.64. The summed E-state index contributed by atoms with van der Waals surface area (Å²) in [4.78, 5) is 0. The summed E-state index contributed by atoms with van der Waals surface area (Å²) in [5.41, 5.74) is 5.45. The van der Waals surface area contributed by atoms with E-state index in [0.29, 0.717) is 66.0 Å². The zero-order valence-corrected chi connectivity index (χ0v) is 24.7. The molecule has 0 bridgehead atoms. The van der Waals surface area contributed by atoms with Crippen molar-refractivity contribution in [2.45, 2.75) is 83.9 Å². The van der Waals surface area contributed by atoms with Crippen molar-refractivity contribution in [2.24, 2.45) is 5.73 Å². The fourth-order valence-corrected chi connectivity index (χ4v) is 4.23. The molecule has 0 aromatic carbocycles. The van der Waals surface area contributed by atoms with E-state index in [0.717, 1.165) is 0 Å². The van der Waals surface area contributed by atoms with Gasteiger partial charge < -0.3 is 33.5 Å². The molecular formula is C23H53NO6Si2. The molecule has 0 unspecified atom stereocenters. The second kappa shape index (κ2) is 15.2. The first kappa shape index (κ1) is 32.2. The summed E-state index contributed by atoms with van der Waals surface area (Å²) in [6.45, 7) is 27.7. The van der Waals surface area contributed by atoms with E-state index in [9.17, 15) is 0 Å². The molecule has 0 radical (unpaired) electrons. The largest absolute Gasteiger partial charge is 0.414 e. The molecule has 0 fully saturated rings. The number of hydrogen-bond acceptors (Lipinski definition) is 7. The lowest BCUT2D eigenvalue weighted by Gasteiger charge is -2.36. The van der Waals surface area contributed by atoms with Crippen LogP contribution in [0.1, 0.15) is 41.5 Å². The number of hydrogen-bond donors (Lipinski definition) is 1. The number of rotatable bonds is 18. The van der Waals surface area contributed by atoms with Crippen molar-refractivity contribution in [2.75, 3.05) is 66.0 Å². The fourth-order valence-electron chi connectivity index (χ4n) is 2.18. The van der Waals surface area contributed by atoms with Crippen LogP contribution in [0.2, 0.25) is 36.3 Å². The predicted octanol–water partition coefficient (Wildman–Crippen LogP) is 4.42. The molecule has 194 valence electrons. The van der Waals surface area contributed by atoms with E-state index in [-0.39, 0.29) is 16.2 Å². The molecule has 0 aliphatic heterocycles. The molecule has 0 saturated heterocycles. The van der Waals surface area contributed by atoms with Gasteiger partial charge in [0, 0.05) is 6.54 Å². The molecule has 0 atom stereocenters. The van der Waals surface area contributed by atoms with Crippen LogP contribution in [0, 0.1) is 0 Å². The Morgan fingerprint density at radius 3 is 1.38 bits per heavy atom. The van der Waals surface area contributed by atoms with E-state index in [1.807, 2.05) is 0 Å². The van der Waals surface area contributed by atoms with Crippen molar-refractivity contribution in [1.82, 2.24) is 0 Å². The maximum absolute atomic E-state index is 6.17. The molecule has 9 heteroatoms. The average molecular weight is 496 g/mol. The molecule has 2 N–H and O–H groups in total. The Hall–Kier alpha value is 0.154. The van der Waals surface area contributed by atoms with Gasteiger partial charge in [-0.1, -0.05) is 41.5 Å². The van der Waals surface area contributed by atoms with Gasteiger partial charge in [0.25, 0.3) is 0 Å². The van der Waals surface area contributed by atoms with Gasteiger partial charge in [0.05, 0.1) is 59.5 Å². The first-order valence-electron chi connectivity index (χ1n) is 12.0. The summed E-state index contributed by atoms with van der Waals surface area (Å²) >= 11 is 0. The Labute approximate surface area is 200 Å². The van der Waals surface area contributed by atoms with Crippen molar-refractivity contribution in [3.05, 3.63) is 0 Å². The monoisotopic (exact) mass is 495 g/mol. The van der Waals surface area contributed by atoms with Gasteiger partial charge in [-0.3, -0.25) is 0 Å². The van der Waals surface area contributed by atoms with Crippen LogP contribution in [0.5, 0.6) is 0 Å². The molecule has 0 amide bonds. The molecule has 32 heavy (non-hydrogen) atoms. The SMILES string of the molecule is CC(C)(C)[Si](C)(C)OCCOCC(COCCO[Si](C)(C)C(C)(C)C)OCCOCCN. The van der Waals surface area contributed by atoms with E-state index in [1.165, 1.54) is 0 Å². The molecule has 0 saturated carbocycles. The van der Waals surface area contributed by atoms with Crippen molar-refractivity contribution in [3.63, 3.8) is 0 Å². The lowest BCUT2D eigenvalue weighted by atomic mass is 10.2. The highest BCUT2D eigenvalue weighted by molar-refractivity contribution is 6.74. The standard InChI is InChI=1S/C23H53NO6Si2/c1-22(2,3)31(7,8)29-17-14-26-19-21(28-16-13-25-12-11-24)20-27-15-18-30-32(9,10)23(4,5)6/h21H,11-20,24H2,1-10H3. The lowest BCUT2D eigenvalue weighted by molar-refractivity contribution is -0.0775. The summed E-state index contributed by atoms with van der Waals surface area (Å²) in [6, 6.07) is 0. The van der Waals surface area contributed by atoms with Crippen LogP contribution >= 0.6 is 0 Å². The van der Waals surface area contributed by atoms with Crippen LogP contribution in [0.15, 0.2) is 0 Å². The van der Waals surface area contributed by atoms with Gasteiger partial charge in [-0.05, 0) is 36.3 Å². The van der Waals surface area contributed by atoms with Crippen LogP contribution in [-0.2, 0) is 27.8 Å². The Bertz CT molecular complexity index is 442. The number of nitrogens with two attached hydrogens (primary N) is 1. The zero-order valence-electron chi connectivity index (χ0n) is 22.7. The third-order valence-corrected chi connectivity index (χ3v) is 15.5. The number of ether oxygens (including phenoxy) is 4. The Kier molecular flexibility index (Phi) is 15.3. The quantitative estimate of drug-likeness (QED) is 0.223. The van der Waals surface area contributed by atoms with Crippen molar-refractivity contribution in [1.29, 1.82) is 0 Å². The first-order chi connectivity index (χ1) is 14.6. The molecule has 0 aromatic heterocycles. The minimum atomic E-state index is -1.75. The van der Waals surface area contributed by atoms with E-state index < -0.39 is 16.6 Å². The van der Waals surface area contributed by atoms with Gasteiger partial charge in [-0.25, -0.2) is 0 Å². The minimum absolute atomic E-state index is 0.155. The summed E-state index contributed by atoms with van der Waals surface area (Å²) in [5.74, 6) is 0. The highest BCUT2D eigenvalue weighted by Crippen LogP contribution is 2.37. The Morgan fingerprint density at radius 2 is 1.00 bits per heavy atom. The van der Waals surface area contributed by atoms with E-state index >= 15 is 0 Å². The highest BCUT2D eigenvalue weighted by atomic mass is 28.4. The van der Waals surface area contributed by atoms with Crippen LogP contribution in [0.25, 0.3) is 0 Å². The smallest absolute Gasteiger partial charge is 0.192 e. The molecule has 0 rings (SSSR count). The zero-order chi connectivity index (χ0) is 24.9. The topological polar surface area (TPSA) is 81.4 Å². The van der Waals surface area contributed by atoms with Crippen molar-refractivity contribution < 1.29 is 27.8 Å². The second-order valence-electron chi connectivity index (χ2n) is 11.3.